The van der Waals surface area contributed by atoms with Crippen molar-refractivity contribution in [3.63, 3.8) is 0 Å². The highest BCUT2D eigenvalue weighted by Gasteiger charge is 2.02. The third kappa shape index (κ3) is 5.87. The van der Waals surface area contributed by atoms with Crippen LogP contribution in [0.3, 0.4) is 0 Å². The highest BCUT2D eigenvalue weighted by molar-refractivity contribution is 7.80. The normalized spacial score (nSPS) is 9.47. The fraction of sp³-hybridized carbons (Fsp3) is 0.333. The van der Waals surface area contributed by atoms with Crippen LogP contribution in [0.4, 0.5) is 4.79 Å². The molecule has 1 rings (SSSR count). The molecule has 0 unspecified atom stereocenters. The number of benzene rings is 1. The molecule has 0 aliphatic heterocycles. The molecule has 0 aromatic heterocycles. The number of thiocarbonyl (C=S) groups is 1. The lowest BCUT2D eigenvalue weighted by Gasteiger charge is -2.07. The van der Waals surface area contributed by atoms with Crippen molar-refractivity contribution in [2.75, 3.05) is 13.7 Å². The molecule has 17 heavy (non-hydrogen) atoms. The van der Waals surface area contributed by atoms with Gasteiger partial charge < -0.3 is 14.8 Å². The second-order valence-electron chi connectivity index (χ2n) is 3.31. The average Bonchev–Trinajstić information content (AvgIpc) is 2.37. The number of amides is 1. The maximum absolute atomic E-state index is 11.3. The Hall–Kier alpha value is -1.62. The first-order valence-electron chi connectivity index (χ1n) is 5.23. The van der Waals surface area contributed by atoms with E-state index in [0.29, 0.717) is 18.0 Å². The number of hydrogen-bond donors (Lipinski definition) is 1. The van der Waals surface area contributed by atoms with E-state index in [9.17, 15) is 4.79 Å². The Kier molecular flexibility index (Phi) is 6.03. The minimum Gasteiger partial charge on any atom is -0.490 e. The molecule has 1 aromatic carbocycles. The zero-order valence-corrected chi connectivity index (χ0v) is 10.5. The Morgan fingerprint density at radius 2 is 2.06 bits per heavy atom. The van der Waals surface area contributed by atoms with Gasteiger partial charge >= 0.3 is 6.09 Å². The largest absolute Gasteiger partial charge is 0.490 e. The molecule has 0 fully saturated rings. The summed E-state index contributed by atoms with van der Waals surface area (Å²) in [5.41, 5.74) is 0.954. The molecule has 4 nitrogen and oxygen atoms in total. The highest BCUT2D eigenvalue weighted by Crippen LogP contribution is 2.00. The third-order valence-corrected chi connectivity index (χ3v) is 2.41. The van der Waals surface area contributed by atoms with E-state index in [1.54, 1.807) is 0 Å². The van der Waals surface area contributed by atoms with Gasteiger partial charge in [0.15, 0.2) is 5.05 Å². The molecule has 1 amide bonds. The molecular formula is C12H15NO3S. The molecule has 1 N–H and O–H groups in total. The van der Waals surface area contributed by atoms with Crippen molar-refractivity contribution < 1.29 is 14.3 Å². The van der Waals surface area contributed by atoms with Gasteiger partial charge in [0.25, 0.3) is 0 Å². The summed E-state index contributed by atoms with van der Waals surface area (Å²) in [7, 11) is 1.51. The summed E-state index contributed by atoms with van der Waals surface area (Å²) in [6.45, 7) is 0.682. The molecule has 5 heteroatoms. The maximum atomic E-state index is 11.3. The van der Waals surface area contributed by atoms with Crippen LogP contribution in [0.25, 0.3) is 0 Å². The average molecular weight is 253 g/mol. The van der Waals surface area contributed by atoms with E-state index in [1.807, 2.05) is 30.3 Å². The number of methoxy groups -OCH3 is 1. The Morgan fingerprint density at radius 1 is 1.35 bits per heavy atom. The fourth-order valence-corrected chi connectivity index (χ4v) is 1.24. The number of hydrogen-bond acceptors (Lipinski definition) is 4. The van der Waals surface area contributed by atoms with Gasteiger partial charge in [0.1, 0.15) is 6.61 Å². The van der Waals surface area contributed by atoms with Crippen LogP contribution >= 0.6 is 12.2 Å². The zero-order valence-electron chi connectivity index (χ0n) is 9.64. The third-order valence-electron chi connectivity index (χ3n) is 2.04. The van der Waals surface area contributed by atoms with Crippen molar-refractivity contribution in [1.29, 1.82) is 0 Å². The van der Waals surface area contributed by atoms with Crippen molar-refractivity contribution in [1.82, 2.24) is 5.32 Å². The lowest BCUT2D eigenvalue weighted by Crippen LogP contribution is -2.26. The molecule has 0 aliphatic rings. The van der Waals surface area contributed by atoms with Crippen LogP contribution < -0.4 is 5.32 Å². The second kappa shape index (κ2) is 7.62. The summed E-state index contributed by atoms with van der Waals surface area (Å²) in [5.74, 6) is 0. The predicted octanol–water partition coefficient (Wildman–Crippen LogP) is 2.28. The summed E-state index contributed by atoms with van der Waals surface area (Å²) in [6.07, 6.45) is 0.0551. The van der Waals surface area contributed by atoms with Gasteiger partial charge in [0.2, 0.25) is 0 Å². The summed E-state index contributed by atoms with van der Waals surface area (Å²) in [5, 5.41) is 3.06. The van der Waals surface area contributed by atoms with E-state index in [1.165, 1.54) is 7.11 Å². The van der Waals surface area contributed by atoms with Gasteiger partial charge in [-0.2, -0.15) is 0 Å². The molecule has 0 aliphatic carbocycles. The molecule has 0 bridgehead atoms. The van der Waals surface area contributed by atoms with Gasteiger partial charge in [-0.3, -0.25) is 0 Å². The standard InChI is InChI=1S/C12H15NO3S/c1-15-11(17)7-8-13-12(14)16-9-10-5-3-2-4-6-10/h2-6H,7-9H2,1H3,(H,13,14). The van der Waals surface area contributed by atoms with E-state index >= 15 is 0 Å². The first-order chi connectivity index (χ1) is 8.22. The fourth-order valence-electron chi connectivity index (χ4n) is 1.14. The van der Waals surface area contributed by atoms with Crippen LogP contribution in [0, 0.1) is 0 Å². The lowest BCUT2D eigenvalue weighted by molar-refractivity contribution is 0.140. The first kappa shape index (κ1) is 13.4. The van der Waals surface area contributed by atoms with Gasteiger partial charge in [-0.1, -0.05) is 30.3 Å². The number of carbonyl (C=O) groups excluding carboxylic acids is 1. The summed E-state index contributed by atoms with van der Waals surface area (Å²) in [4.78, 5) is 11.3. The molecule has 0 heterocycles. The van der Waals surface area contributed by atoms with Crippen LogP contribution in [0.2, 0.25) is 0 Å². The van der Waals surface area contributed by atoms with E-state index in [4.69, 9.17) is 21.7 Å². The molecule has 0 spiro atoms. The first-order valence-corrected chi connectivity index (χ1v) is 5.64. The lowest BCUT2D eigenvalue weighted by atomic mass is 10.2. The van der Waals surface area contributed by atoms with Crippen LogP contribution in [0.1, 0.15) is 12.0 Å². The van der Waals surface area contributed by atoms with Gasteiger partial charge in [0.05, 0.1) is 7.11 Å². The maximum Gasteiger partial charge on any atom is 0.407 e. The van der Waals surface area contributed by atoms with Crippen molar-refractivity contribution >= 4 is 23.4 Å². The topological polar surface area (TPSA) is 47.6 Å². The van der Waals surface area contributed by atoms with Crippen molar-refractivity contribution in [3.8, 4) is 0 Å². The summed E-state index contributed by atoms with van der Waals surface area (Å²) >= 11 is 4.83. The van der Waals surface area contributed by atoms with E-state index in [0.717, 1.165) is 5.56 Å². The Morgan fingerprint density at radius 3 is 2.71 bits per heavy atom. The molecule has 0 saturated heterocycles. The number of carbonyl (C=O) groups is 1. The van der Waals surface area contributed by atoms with Gasteiger partial charge in [-0.05, 0) is 17.8 Å². The SMILES string of the molecule is COC(=S)CCNC(=O)OCc1ccccc1. The van der Waals surface area contributed by atoms with E-state index < -0.39 is 6.09 Å². The monoisotopic (exact) mass is 253 g/mol. The Balaban J connectivity index is 2.16. The zero-order chi connectivity index (χ0) is 12.5. The molecular weight excluding hydrogens is 238 g/mol. The number of ether oxygens (including phenoxy) is 2. The molecule has 1 aromatic rings. The van der Waals surface area contributed by atoms with Crippen molar-refractivity contribution in [2.24, 2.45) is 0 Å². The highest BCUT2D eigenvalue weighted by atomic mass is 32.1. The quantitative estimate of drug-likeness (QED) is 0.818. The number of nitrogens with one attached hydrogen (secondary N) is 1. The predicted molar refractivity (Wildman–Crippen MR) is 68.9 cm³/mol. The summed E-state index contributed by atoms with van der Waals surface area (Å²) in [6, 6.07) is 9.50. The molecule has 0 saturated carbocycles. The number of alkyl carbamates (subject to hydrolysis) is 1. The van der Waals surface area contributed by atoms with E-state index in [-0.39, 0.29) is 6.61 Å². The van der Waals surface area contributed by atoms with Crippen LogP contribution in [-0.2, 0) is 16.1 Å². The minimum atomic E-state index is -0.451. The Labute approximate surface area is 106 Å². The van der Waals surface area contributed by atoms with Gasteiger partial charge in [0, 0.05) is 13.0 Å². The number of rotatable bonds is 5. The van der Waals surface area contributed by atoms with Crippen molar-refractivity contribution in [2.45, 2.75) is 13.0 Å². The minimum absolute atomic E-state index is 0.265. The van der Waals surface area contributed by atoms with Gasteiger partial charge in [-0.25, -0.2) is 4.79 Å². The van der Waals surface area contributed by atoms with Crippen LogP contribution in [0.15, 0.2) is 30.3 Å². The summed E-state index contributed by atoms with van der Waals surface area (Å²) < 4.78 is 9.81. The Bertz CT molecular complexity index is 367. The van der Waals surface area contributed by atoms with E-state index in [2.05, 4.69) is 5.32 Å². The second-order valence-corrected chi connectivity index (χ2v) is 3.77. The molecule has 92 valence electrons. The van der Waals surface area contributed by atoms with Crippen molar-refractivity contribution in [3.05, 3.63) is 35.9 Å². The van der Waals surface area contributed by atoms with Gasteiger partial charge in [-0.15, -0.1) is 0 Å². The smallest absolute Gasteiger partial charge is 0.407 e. The van der Waals surface area contributed by atoms with Crippen LogP contribution in [-0.4, -0.2) is 24.8 Å². The molecule has 0 radical (unpaired) electrons. The molecule has 0 atom stereocenters. The van der Waals surface area contributed by atoms with Crippen LogP contribution in [0.5, 0.6) is 0 Å².